The van der Waals surface area contributed by atoms with Gasteiger partial charge < -0.3 is 9.84 Å². The molecule has 3 aromatic carbocycles. The lowest BCUT2D eigenvalue weighted by Gasteiger charge is -2.14. The van der Waals surface area contributed by atoms with Gasteiger partial charge in [-0.15, -0.1) is 0 Å². The van der Waals surface area contributed by atoms with Gasteiger partial charge in [-0.1, -0.05) is 86.2 Å². The van der Waals surface area contributed by atoms with E-state index in [0.717, 1.165) is 35.2 Å². The van der Waals surface area contributed by atoms with Crippen molar-refractivity contribution < 1.29 is 19.5 Å². The number of carbonyl (C=O) groups is 1. The second-order valence-electron chi connectivity index (χ2n) is 7.76. The first kappa shape index (κ1) is 24.1. The van der Waals surface area contributed by atoms with Gasteiger partial charge >= 0.3 is 5.97 Å². The molecular formula is C28H31NO4. The number of carboxylic acid groups (broad SMARTS) is 1. The maximum Gasteiger partial charge on any atom is 0.307 e. The normalized spacial score (nSPS) is 11.3. The Morgan fingerprint density at radius 1 is 0.939 bits per heavy atom. The molecule has 0 unspecified atom stereocenters. The Morgan fingerprint density at radius 3 is 2.36 bits per heavy atom. The zero-order chi connectivity index (χ0) is 23.5. The second-order valence-corrected chi connectivity index (χ2v) is 7.76. The van der Waals surface area contributed by atoms with Gasteiger partial charge in [-0.25, -0.2) is 0 Å². The third-order valence-electron chi connectivity index (χ3n) is 5.30. The molecule has 0 aliphatic heterocycles. The van der Waals surface area contributed by atoms with E-state index in [1.807, 2.05) is 43.3 Å². The van der Waals surface area contributed by atoms with Gasteiger partial charge in [-0.05, 0) is 47.2 Å². The fourth-order valence-electron chi connectivity index (χ4n) is 3.47. The van der Waals surface area contributed by atoms with E-state index in [1.165, 1.54) is 11.1 Å². The largest absolute Gasteiger partial charge is 0.491 e. The van der Waals surface area contributed by atoms with Crippen LogP contribution in [0.25, 0.3) is 16.8 Å². The summed E-state index contributed by atoms with van der Waals surface area (Å²) in [5.41, 5.74) is 9.01. The van der Waals surface area contributed by atoms with E-state index in [0.29, 0.717) is 19.0 Å². The van der Waals surface area contributed by atoms with E-state index < -0.39 is 5.97 Å². The Morgan fingerprint density at radius 2 is 1.67 bits per heavy atom. The number of benzene rings is 3. The van der Waals surface area contributed by atoms with Crippen molar-refractivity contribution in [1.82, 2.24) is 5.48 Å². The van der Waals surface area contributed by atoms with Gasteiger partial charge in [0.2, 0.25) is 0 Å². The van der Waals surface area contributed by atoms with Crippen molar-refractivity contribution in [2.45, 2.75) is 33.1 Å². The zero-order valence-corrected chi connectivity index (χ0v) is 19.2. The third kappa shape index (κ3) is 7.22. The molecule has 0 heterocycles. The third-order valence-corrected chi connectivity index (χ3v) is 5.30. The topological polar surface area (TPSA) is 67.8 Å². The molecule has 3 aromatic rings. The minimum Gasteiger partial charge on any atom is -0.491 e. The van der Waals surface area contributed by atoms with Gasteiger partial charge in [-0.3, -0.25) is 15.1 Å². The lowest BCUT2D eigenvalue weighted by Crippen LogP contribution is -2.18. The van der Waals surface area contributed by atoms with Crippen molar-refractivity contribution in [2.24, 2.45) is 0 Å². The molecule has 0 atom stereocenters. The van der Waals surface area contributed by atoms with Crippen molar-refractivity contribution >= 4 is 11.7 Å². The van der Waals surface area contributed by atoms with Crippen LogP contribution < -0.4 is 10.2 Å². The Hall–Kier alpha value is -3.57. The number of hydrogen-bond donors (Lipinski definition) is 2. The van der Waals surface area contributed by atoms with E-state index in [-0.39, 0.29) is 6.42 Å². The highest BCUT2D eigenvalue weighted by Gasteiger charge is 2.09. The fourth-order valence-corrected chi connectivity index (χ4v) is 3.47. The number of nitrogens with one attached hydrogen (secondary N) is 1. The molecule has 0 aliphatic rings. The van der Waals surface area contributed by atoms with E-state index in [1.54, 1.807) is 0 Å². The average molecular weight is 446 g/mol. The number of hydrogen-bond acceptors (Lipinski definition) is 4. The summed E-state index contributed by atoms with van der Waals surface area (Å²) in [6.07, 6.45) is 4.11. The lowest BCUT2D eigenvalue weighted by atomic mass is 10.0. The summed E-state index contributed by atoms with van der Waals surface area (Å²) in [5, 5.41) is 9.03. The molecule has 0 saturated carbocycles. The Balaban J connectivity index is 1.55. The SMILES string of the molecule is CCCC=C(NOCCOc1cccc(CC(=O)O)c1C)c1ccc(-c2ccccc2)cc1. The maximum atomic E-state index is 11.0. The molecule has 5 nitrogen and oxygen atoms in total. The first-order chi connectivity index (χ1) is 16.1. The van der Waals surface area contributed by atoms with Gasteiger partial charge in [0, 0.05) is 0 Å². The van der Waals surface area contributed by atoms with Crippen LogP contribution in [0.1, 0.15) is 36.5 Å². The van der Waals surface area contributed by atoms with Gasteiger partial charge in [0.1, 0.15) is 19.0 Å². The van der Waals surface area contributed by atoms with Crippen LogP contribution in [0.2, 0.25) is 0 Å². The Kier molecular flexibility index (Phi) is 9.09. The van der Waals surface area contributed by atoms with Crippen LogP contribution in [-0.2, 0) is 16.1 Å². The zero-order valence-electron chi connectivity index (χ0n) is 19.2. The molecule has 0 saturated heterocycles. The average Bonchev–Trinajstić information content (AvgIpc) is 2.83. The number of unbranched alkanes of at least 4 members (excludes halogenated alkanes) is 1. The number of hydroxylamine groups is 1. The van der Waals surface area contributed by atoms with Crippen LogP contribution in [0.3, 0.4) is 0 Å². The van der Waals surface area contributed by atoms with Crippen LogP contribution in [0.5, 0.6) is 5.75 Å². The first-order valence-corrected chi connectivity index (χ1v) is 11.3. The van der Waals surface area contributed by atoms with Crippen LogP contribution in [-0.4, -0.2) is 24.3 Å². The molecule has 33 heavy (non-hydrogen) atoms. The molecule has 5 heteroatoms. The van der Waals surface area contributed by atoms with Crippen LogP contribution >= 0.6 is 0 Å². The smallest absolute Gasteiger partial charge is 0.307 e. The van der Waals surface area contributed by atoms with E-state index in [4.69, 9.17) is 14.7 Å². The highest BCUT2D eigenvalue weighted by Crippen LogP contribution is 2.23. The fraction of sp³-hybridized carbons (Fsp3) is 0.250. The summed E-state index contributed by atoms with van der Waals surface area (Å²) in [4.78, 5) is 16.7. The van der Waals surface area contributed by atoms with E-state index >= 15 is 0 Å². The first-order valence-electron chi connectivity index (χ1n) is 11.3. The maximum absolute atomic E-state index is 11.0. The summed E-state index contributed by atoms with van der Waals surface area (Å²) in [7, 11) is 0. The number of allylic oxidation sites excluding steroid dienone is 1. The number of aliphatic carboxylic acids is 1. The molecular weight excluding hydrogens is 414 g/mol. The lowest BCUT2D eigenvalue weighted by molar-refractivity contribution is -0.136. The van der Waals surface area contributed by atoms with Crippen LogP contribution in [0.4, 0.5) is 0 Å². The van der Waals surface area contributed by atoms with Gasteiger partial charge in [0.15, 0.2) is 0 Å². The Labute approximate surface area is 195 Å². The summed E-state index contributed by atoms with van der Waals surface area (Å²) in [5.74, 6) is -0.179. The van der Waals surface area contributed by atoms with E-state index in [2.05, 4.69) is 54.9 Å². The monoisotopic (exact) mass is 445 g/mol. The standard InChI is InChI=1S/C28H31NO4/c1-3-4-12-26(24-16-14-23(15-17-24)22-9-6-5-7-10-22)29-33-19-18-32-27-13-8-11-25(21(27)2)20-28(30)31/h5-17,29H,3-4,18-20H2,1-2H3,(H,30,31). The van der Waals surface area contributed by atoms with Crippen molar-refractivity contribution in [3.8, 4) is 16.9 Å². The molecule has 172 valence electrons. The van der Waals surface area contributed by atoms with E-state index in [9.17, 15) is 4.79 Å². The Bertz CT molecular complexity index is 1060. The molecule has 0 bridgehead atoms. The summed E-state index contributed by atoms with van der Waals surface area (Å²) >= 11 is 0. The van der Waals surface area contributed by atoms with Gasteiger partial charge in [0.05, 0.1) is 12.1 Å². The molecule has 0 radical (unpaired) electrons. The molecule has 0 amide bonds. The van der Waals surface area contributed by atoms with Crippen molar-refractivity contribution in [1.29, 1.82) is 0 Å². The summed E-state index contributed by atoms with van der Waals surface area (Å²) in [6, 6.07) is 24.2. The molecule has 0 spiro atoms. The summed E-state index contributed by atoms with van der Waals surface area (Å²) in [6.45, 7) is 4.70. The van der Waals surface area contributed by atoms with Gasteiger partial charge in [-0.2, -0.15) is 0 Å². The molecule has 0 aliphatic carbocycles. The molecule has 0 aromatic heterocycles. The van der Waals surface area contributed by atoms with Crippen molar-refractivity contribution in [2.75, 3.05) is 13.2 Å². The highest BCUT2D eigenvalue weighted by atomic mass is 16.7. The molecule has 0 fully saturated rings. The second kappa shape index (κ2) is 12.5. The highest BCUT2D eigenvalue weighted by molar-refractivity contribution is 5.71. The molecule has 2 N–H and O–H groups in total. The van der Waals surface area contributed by atoms with Crippen molar-refractivity contribution in [3.63, 3.8) is 0 Å². The number of ether oxygens (including phenoxy) is 1. The molecule has 3 rings (SSSR count). The minimum absolute atomic E-state index is 0.0181. The number of carboxylic acids is 1. The number of rotatable bonds is 12. The predicted molar refractivity (Wildman–Crippen MR) is 132 cm³/mol. The van der Waals surface area contributed by atoms with Crippen LogP contribution in [0.15, 0.2) is 78.9 Å². The van der Waals surface area contributed by atoms with Crippen molar-refractivity contribution in [3.05, 3.63) is 95.6 Å². The summed E-state index contributed by atoms with van der Waals surface area (Å²) < 4.78 is 5.82. The quantitative estimate of drug-likeness (QED) is 0.263. The predicted octanol–water partition coefficient (Wildman–Crippen LogP) is 6.03. The minimum atomic E-state index is -0.856. The van der Waals surface area contributed by atoms with Crippen LogP contribution in [0, 0.1) is 6.92 Å². The van der Waals surface area contributed by atoms with Gasteiger partial charge in [0.25, 0.3) is 0 Å².